The van der Waals surface area contributed by atoms with E-state index in [1.165, 1.54) is 17.0 Å². The summed E-state index contributed by atoms with van der Waals surface area (Å²) in [6.07, 6.45) is 2.27. The van der Waals surface area contributed by atoms with Crippen molar-refractivity contribution in [3.8, 4) is 11.5 Å². The fourth-order valence-corrected chi connectivity index (χ4v) is 3.88. The van der Waals surface area contributed by atoms with E-state index in [2.05, 4.69) is 20.5 Å². The van der Waals surface area contributed by atoms with Crippen LogP contribution >= 0.6 is 0 Å². The second-order valence-corrected chi connectivity index (χ2v) is 7.77. The molecule has 172 valence electrons. The predicted molar refractivity (Wildman–Crippen MR) is 121 cm³/mol. The number of amides is 1. The highest BCUT2D eigenvalue weighted by molar-refractivity contribution is 5.92. The standard InChI is InChI=1S/C24H20F2N6O2/c1-15-22-18(23(25)26)12-19(20-7-3-10-34-20)29-24(22)32(30-15)14-21(33)28-17-6-2-5-16(11-17)13-31-9-4-8-27-31/h2-12,23H,13-14H2,1H3,(H,28,33). The lowest BCUT2D eigenvalue weighted by molar-refractivity contribution is -0.116. The average molecular weight is 462 g/mol. The maximum atomic E-state index is 13.9. The number of carbonyl (C=O) groups excluding carboxylic acids is 1. The molecule has 0 saturated heterocycles. The van der Waals surface area contributed by atoms with Crippen molar-refractivity contribution in [2.75, 3.05) is 5.32 Å². The molecule has 0 unspecified atom stereocenters. The van der Waals surface area contributed by atoms with E-state index in [-0.39, 0.29) is 34.7 Å². The Morgan fingerprint density at radius 3 is 2.79 bits per heavy atom. The highest BCUT2D eigenvalue weighted by Crippen LogP contribution is 2.33. The minimum atomic E-state index is -2.73. The van der Waals surface area contributed by atoms with Gasteiger partial charge < -0.3 is 9.73 Å². The molecule has 1 amide bonds. The van der Waals surface area contributed by atoms with Crippen molar-refractivity contribution < 1.29 is 18.0 Å². The number of rotatable bonds is 7. The zero-order valence-electron chi connectivity index (χ0n) is 18.2. The van der Waals surface area contributed by atoms with E-state index >= 15 is 0 Å². The number of hydrogen-bond acceptors (Lipinski definition) is 5. The van der Waals surface area contributed by atoms with E-state index in [1.807, 2.05) is 30.5 Å². The minimum Gasteiger partial charge on any atom is -0.463 e. The first-order valence-corrected chi connectivity index (χ1v) is 10.5. The quantitative estimate of drug-likeness (QED) is 0.374. The zero-order chi connectivity index (χ0) is 23.7. The molecule has 4 heterocycles. The third kappa shape index (κ3) is 4.29. The number of nitrogens with one attached hydrogen (secondary N) is 1. The van der Waals surface area contributed by atoms with Crippen LogP contribution in [-0.4, -0.2) is 30.5 Å². The molecule has 0 radical (unpaired) electrons. The molecule has 1 N–H and O–H groups in total. The van der Waals surface area contributed by atoms with Gasteiger partial charge in [0.05, 0.1) is 23.9 Å². The molecule has 1 aromatic carbocycles. The second kappa shape index (κ2) is 8.89. The topological polar surface area (TPSA) is 90.8 Å². The van der Waals surface area contributed by atoms with Crippen LogP contribution in [0.1, 0.15) is 23.2 Å². The van der Waals surface area contributed by atoms with Crippen LogP contribution in [0.3, 0.4) is 0 Å². The molecule has 5 aromatic rings. The van der Waals surface area contributed by atoms with E-state index in [0.29, 0.717) is 23.7 Å². The number of carbonyl (C=O) groups is 1. The van der Waals surface area contributed by atoms with E-state index in [9.17, 15) is 13.6 Å². The third-order valence-electron chi connectivity index (χ3n) is 5.32. The zero-order valence-corrected chi connectivity index (χ0v) is 18.2. The molecule has 0 aliphatic carbocycles. The summed E-state index contributed by atoms with van der Waals surface area (Å²) < 4.78 is 36.2. The first-order valence-electron chi connectivity index (χ1n) is 10.5. The Balaban J connectivity index is 1.42. The number of alkyl halides is 2. The van der Waals surface area contributed by atoms with Crippen LogP contribution in [0.15, 0.2) is 71.6 Å². The number of anilines is 1. The van der Waals surface area contributed by atoms with Gasteiger partial charge in [-0.1, -0.05) is 12.1 Å². The van der Waals surface area contributed by atoms with Crippen LogP contribution in [-0.2, 0) is 17.9 Å². The van der Waals surface area contributed by atoms with Gasteiger partial charge >= 0.3 is 0 Å². The Bertz CT molecular complexity index is 1440. The van der Waals surface area contributed by atoms with Crippen molar-refractivity contribution in [1.82, 2.24) is 24.5 Å². The normalized spacial score (nSPS) is 11.4. The number of nitrogens with zero attached hydrogens (tertiary/aromatic N) is 5. The summed E-state index contributed by atoms with van der Waals surface area (Å²) in [6.45, 7) is 2.00. The fourth-order valence-electron chi connectivity index (χ4n) is 3.88. The van der Waals surface area contributed by atoms with Crippen LogP contribution in [0.25, 0.3) is 22.5 Å². The van der Waals surface area contributed by atoms with Gasteiger partial charge in [0.15, 0.2) is 11.4 Å². The van der Waals surface area contributed by atoms with Gasteiger partial charge in [0.1, 0.15) is 12.2 Å². The van der Waals surface area contributed by atoms with Gasteiger partial charge in [-0.15, -0.1) is 0 Å². The number of furan rings is 1. The van der Waals surface area contributed by atoms with E-state index in [1.54, 1.807) is 36.0 Å². The highest BCUT2D eigenvalue weighted by Gasteiger charge is 2.22. The molecule has 0 bridgehead atoms. The number of fused-ring (bicyclic) bond motifs is 1. The number of pyridine rings is 1. The number of hydrogen-bond donors (Lipinski definition) is 1. The van der Waals surface area contributed by atoms with Gasteiger partial charge in [0, 0.05) is 23.6 Å². The van der Waals surface area contributed by atoms with Crippen molar-refractivity contribution in [2.24, 2.45) is 0 Å². The molecule has 0 aliphatic heterocycles. The van der Waals surface area contributed by atoms with Crippen LogP contribution in [0, 0.1) is 6.92 Å². The van der Waals surface area contributed by atoms with Crippen molar-refractivity contribution >= 4 is 22.6 Å². The van der Waals surface area contributed by atoms with E-state index in [4.69, 9.17) is 4.42 Å². The fraction of sp³-hybridized carbons (Fsp3) is 0.167. The molecule has 4 aromatic heterocycles. The van der Waals surface area contributed by atoms with Crippen molar-refractivity contribution in [1.29, 1.82) is 0 Å². The Morgan fingerprint density at radius 2 is 2.06 bits per heavy atom. The highest BCUT2D eigenvalue weighted by atomic mass is 19.3. The maximum absolute atomic E-state index is 13.9. The van der Waals surface area contributed by atoms with E-state index in [0.717, 1.165) is 5.56 Å². The average Bonchev–Trinajstić information content (AvgIpc) is 3.56. The minimum absolute atomic E-state index is 0.189. The summed E-state index contributed by atoms with van der Waals surface area (Å²) in [5.74, 6) is -0.00270. The van der Waals surface area contributed by atoms with Gasteiger partial charge in [-0.2, -0.15) is 10.2 Å². The first-order chi connectivity index (χ1) is 16.5. The molecule has 0 spiro atoms. The molecular formula is C24H20F2N6O2. The van der Waals surface area contributed by atoms with Gasteiger partial charge in [-0.25, -0.2) is 18.4 Å². The lowest BCUT2D eigenvalue weighted by Crippen LogP contribution is -2.20. The number of aryl methyl sites for hydroxylation is 1. The summed E-state index contributed by atoms with van der Waals surface area (Å²) >= 11 is 0. The van der Waals surface area contributed by atoms with Crippen LogP contribution in [0.5, 0.6) is 0 Å². The lowest BCUT2D eigenvalue weighted by Gasteiger charge is -2.09. The first kappa shape index (κ1) is 21.5. The predicted octanol–water partition coefficient (Wildman–Crippen LogP) is 4.82. The monoisotopic (exact) mass is 462 g/mol. The summed E-state index contributed by atoms with van der Waals surface area (Å²) in [7, 11) is 0. The van der Waals surface area contributed by atoms with Crippen molar-refractivity contribution in [3.05, 3.63) is 84.0 Å². The Kier molecular flexibility index (Phi) is 5.62. The molecule has 0 saturated carbocycles. The van der Waals surface area contributed by atoms with Crippen LogP contribution in [0.2, 0.25) is 0 Å². The molecular weight excluding hydrogens is 442 g/mol. The van der Waals surface area contributed by atoms with Crippen molar-refractivity contribution in [2.45, 2.75) is 26.4 Å². The number of halogens is 2. The van der Waals surface area contributed by atoms with Gasteiger partial charge in [-0.3, -0.25) is 9.48 Å². The SMILES string of the molecule is Cc1nn(CC(=O)Nc2cccc(Cn3cccn3)c2)c2nc(-c3ccco3)cc(C(F)F)c12. The van der Waals surface area contributed by atoms with Crippen LogP contribution < -0.4 is 5.32 Å². The molecule has 0 atom stereocenters. The summed E-state index contributed by atoms with van der Waals surface area (Å²) in [6, 6.07) is 13.8. The summed E-state index contributed by atoms with van der Waals surface area (Å²) in [5, 5.41) is 11.6. The molecule has 34 heavy (non-hydrogen) atoms. The Labute approximate surface area is 192 Å². The molecule has 8 nitrogen and oxygen atoms in total. The van der Waals surface area contributed by atoms with Crippen molar-refractivity contribution in [3.63, 3.8) is 0 Å². The van der Waals surface area contributed by atoms with Gasteiger partial charge in [0.2, 0.25) is 5.91 Å². The molecule has 0 aliphatic rings. The lowest BCUT2D eigenvalue weighted by atomic mass is 10.1. The largest absolute Gasteiger partial charge is 0.463 e. The Hall–Kier alpha value is -4.34. The summed E-state index contributed by atoms with van der Waals surface area (Å²) in [4.78, 5) is 17.3. The van der Waals surface area contributed by atoms with Crippen LogP contribution in [0.4, 0.5) is 14.5 Å². The number of aromatic nitrogens is 5. The smallest absolute Gasteiger partial charge is 0.264 e. The van der Waals surface area contributed by atoms with Gasteiger partial charge in [0.25, 0.3) is 6.43 Å². The molecule has 0 fully saturated rings. The summed E-state index contributed by atoms with van der Waals surface area (Å²) in [5.41, 5.74) is 2.20. The van der Waals surface area contributed by atoms with E-state index < -0.39 is 6.43 Å². The Morgan fingerprint density at radius 1 is 1.18 bits per heavy atom. The molecule has 5 rings (SSSR count). The maximum Gasteiger partial charge on any atom is 0.264 e. The van der Waals surface area contributed by atoms with Gasteiger partial charge in [-0.05, 0) is 48.9 Å². The number of benzene rings is 1. The molecule has 10 heteroatoms. The second-order valence-electron chi connectivity index (χ2n) is 7.77. The third-order valence-corrected chi connectivity index (χ3v) is 5.32.